The molecule has 3 atom stereocenters. The largest absolute Gasteiger partial charge is 0.368 e. The fraction of sp³-hybridized carbons (Fsp3) is 0.500. The molecule has 1 saturated carbocycles. The first-order chi connectivity index (χ1) is 13.8. The first kappa shape index (κ1) is 17.5. The van der Waals surface area contributed by atoms with Crippen LogP contribution in [0.25, 0.3) is 22.4 Å². The number of nitrogens with one attached hydrogen (secondary N) is 3. The third-order valence-electron chi connectivity index (χ3n) is 6.04. The lowest BCUT2D eigenvalue weighted by Crippen LogP contribution is -2.37. The summed E-state index contributed by atoms with van der Waals surface area (Å²) >= 11 is 0. The molecule has 3 aromatic heterocycles. The SMILES string of the molecule is Cn1ncc2c(NCC3NNC4CCCCCC43)nc(-c3cccnc3)nc21. The van der Waals surface area contributed by atoms with E-state index in [2.05, 4.69) is 26.3 Å². The summed E-state index contributed by atoms with van der Waals surface area (Å²) in [5, 5.41) is 8.90. The van der Waals surface area contributed by atoms with Crippen LogP contribution in [-0.2, 0) is 7.05 Å². The third-order valence-corrected chi connectivity index (χ3v) is 6.04. The van der Waals surface area contributed by atoms with Crippen LogP contribution in [0.5, 0.6) is 0 Å². The third kappa shape index (κ3) is 3.22. The number of rotatable bonds is 4. The van der Waals surface area contributed by atoms with Crippen LogP contribution >= 0.6 is 0 Å². The first-order valence-electron chi connectivity index (χ1n) is 10.1. The van der Waals surface area contributed by atoms with Crippen molar-refractivity contribution in [1.29, 1.82) is 0 Å². The van der Waals surface area contributed by atoms with Crippen LogP contribution in [0.3, 0.4) is 0 Å². The van der Waals surface area contributed by atoms with Gasteiger partial charge < -0.3 is 5.32 Å². The fourth-order valence-corrected chi connectivity index (χ4v) is 4.51. The number of pyridine rings is 1. The molecule has 3 unspecified atom stereocenters. The van der Waals surface area contributed by atoms with Crippen molar-refractivity contribution in [3.05, 3.63) is 30.7 Å². The van der Waals surface area contributed by atoms with Crippen molar-refractivity contribution in [1.82, 2.24) is 35.6 Å². The lowest BCUT2D eigenvalue weighted by molar-refractivity contribution is 0.395. The van der Waals surface area contributed by atoms with E-state index in [-0.39, 0.29) is 0 Å². The smallest absolute Gasteiger partial charge is 0.165 e. The second-order valence-electron chi connectivity index (χ2n) is 7.83. The number of hydrogen-bond acceptors (Lipinski definition) is 7. The Kier molecular flexibility index (Phi) is 4.66. The molecule has 0 bridgehead atoms. The molecule has 3 aromatic rings. The molecule has 2 aliphatic rings. The number of anilines is 1. The highest BCUT2D eigenvalue weighted by Crippen LogP contribution is 2.30. The highest BCUT2D eigenvalue weighted by Gasteiger charge is 2.36. The Hall–Kier alpha value is -2.58. The van der Waals surface area contributed by atoms with E-state index in [9.17, 15) is 0 Å². The first-order valence-corrected chi connectivity index (χ1v) is 10.1. The van der Waals surface area contributed by atoms with E-state index in [0.717, 1.165) is 29.0 Å². The van der Waals surface area contributed by atoms with E-state index in [1.807, 2.05) is 25.4 Å². The Bertz CT molecular complexity index is 953. The van der Waals surface area contributed by atoms with Crippen molar-refractivity contribution >= 4 is 16.9 Å². The Morgan fingerprint density at radius 3 is 2.96 bits per heavy atom. The summed E-state index contributed by atoms with van der Waals surface area (Å²) in [4.78, 5) is 13.7. The van der Waals surface area contributed by atoms with E-state index >= 15 is 0 Å². The van der Waals surface area contributed by atoms with E-state index < -0.39 is 0 Å². The van der Waals surface area contributed by atoms with E-state index in [1.165, 1.54) is 32.1 Å². The number of hydrogen-bond donors (Lipinski definition) is 3. The van der Waals surface area contributed by atoms with Gasteiger partial charge in [-0.2, -0.15) is 5.10 Å². The van der Waals surface area contributed by atoms with Gasteiger partial charge in [0.25, 0.3) is 0 Å². The van der Waals surface area contributed by atoms with Crippen LogP contribution in [0, 0.1) is 5.92 Å². The Balaban J connectivity index is 1.42. The summed E-state index contributed by atoms with van der Waals surface area (Å²) in [5.41, 5.74) is 8.75. The van der Waals surface area contributed by atoms with Gasteiger partial charge >= 0.3 is 0 Å². The highest BCUT2D eigenvalue weighted by molar-refractivity contribution is 5.88. The second-order valence-corrected chi connectivity index (χ2v) is 7.83. The molecule has 0 aromatic carbocycles. The zero-order valence-electron chi connectivity index (χ0n) is 16.1. The summed E-state index contributed by atoms with van der Waals surface area (Å²) in [5.74, 6) is 2.16. The quantitative estimate of drug-likeness (QED) is 0.641. The van der Waals surface area contributed by atoms with Gasteiger partial charge in [0.2, 0.25) is 0 Å². The lowest BCUT2D eigenvalue weighted by Gasteiger charge is -2.21. The summed E-state index contributed by atoms with van der Waals surface area (Å²) in [6.07, 6.45) is 11.9. The number of aryl methyl sites for hydroxylation is 1. The molecule has 2 fully saturated rings. The molecule has 8 nitrogen and oxygen atoms in total. The van der Waals surface area contributed by atoms with Crippen LogP contribution in [0.15, 0.2) is 30.7 Å². The molecule has 1 saturated heterocycles. The van der Waals surface area contributed by atoms with Crippen molar-refractivity contribution in [2.24, 2.45) is 13.0 Å². The molecule has 4 heterocycles. The summed E-state index contributed by atoms with van der Waals surface area (Å²) < 4.78 is 1.79. The zero-order valence-corrected chi connectivity index (χ0v) is 16.1. The van der Waals surface area contributed by atoms with Crippen LogP contribution in [0.1, 0.15) is 32.1 Å². The predicted molar refractivity (Wildman–Crippen MR) is 108 cm³/mol. The summed E-state index contributed by atoms with van der Waals surface area (Å²) in [6, 6.07) is 4.86. The van der Waals surface area contributed by atoms with Crippen molar-refractivity contribution in [2.75, 3.05) is 11.9 Å². The molecule has 146 valence electrons. The average Bonchev–Trinajstić information content (AvgIpc) is 3.21. The van der Waals surface area contributed by atoms with Gasteiger partial charge in [0.05, 0.1) is 11.6 Å². The van der Waals surface area contributed by atoms with Crippen LogP contribution in [0.4, 0.5) is 5.82 Å². The van der Waals surface area contributed by atoms with Gasteiger partial charge in [-0.25, -0.2) is 9.97 Å². The van der Waals surface area contributed by atoms with E-state index in [4.69, 9.17) is 9.97 Å². The molecule has 8 heteroatoms. The van der Waals surface area contributed by atoms with Gasteiger partial charge in [0, 0.05) is 43.6 Å². The maximum absolute atomic E-state index is 4.80. The molecular weight excluding hydrogens is 352 g/mol. The maximum atomic E-state index is 4.80. The van der Waals surface area contributed by atoms with Crippen LogP contribution < -0.4 is 16.2 Å². The highest BCUT2D eigenvalue weighted by atomic mass is 15.4. The molecule has 3 N–H and O–H groups in total. The topological polar surface area (TPSA) is 92.6 Å². The molecule has 1 aliphatic carbocycles. The van der Waals surface area contributed by atoms with Gasteiger partial charge in [-0.3, -0.25) is 20.5 Å². The zero-order chi connectivity index (χ0) is 18.9. The lowest BCUT2D eigenvalue weighted by atomic mass is 9.90. The summed E-state index contributed by atoms with van der Waals surface area (Å²) in [7, 11) is 1.91. The normalized spacial score (nSPS) is 24.8. The predicted octanol–water partition coefficient (Wildman–Crippen LogP) is 2.26. The van der Waals surface area contributed by atoms with E-state index in [1.54, 1.807) is 17.1 Å². The van der Waals surface area contributed by atoms with Crippen molar-refractivity contribution in [3.8, 4) is 11.4 Å². The Morgan fingerprint density at radius 1 is 1.14 bits per heavy atom. The number of hydrazine groups is 1. The van der Waals surface area contributed by atoms with Gasteiger partial charge in [-0.1, -0.05) is 19.3 Å². The molecule has 0 spiro atoms. The standard InChI is InChI=1S/C20H26N8/c1-28-20-15(11-23-28)19(24-18(25-20)13-6-5-9-21-10-13)22-12-17-14-7-3-2-4-8-16(14)26-27-17/h5-6,9-11,14,16-17,26-27H,2-4,7-8,12H2,1H3,(H,22,24,25). The average molecular weight is 378 g/mol. The Morgan fingerprint density at radius 2 is 2.07 bits per heavy atom. The molecule has 0 amide bonds. The molecule has 0 radical (unpaired) electrons. The minimum Gasteiger partial charge on any atom is -0.368 e. The minimum atomic E-state index is 0.395. The molecule has 1 aliphatic heterocycles. The second kappa shape index (κ2) is 7.44. The van der Waals surface area contributed by atoms with Gasteiger partial charge in [-0.05, 0) is 30.9 Å². The van der Waals surface area contributed by atoms with Crippen LogP contribution in [0.2, 0.25) is 0 Å². The number of fused-ring (bicyclic) bond motifs is 2. The number of nitrogens with zero attached hydrogens (tertiary/aromatic N) is 5. The minimum absolute atomic E-state index is 0.395. The van der Waals surface area contributed by atoms with Gasteiger partial charge in [-0.15, -0.1) is 0 Å². The maximum Gasteiger partial charge on any atom is 0.165 e. The van der Waals surface area contributed by atoms with Crippen molar-refractivity contribution < 1.29 is 0 Å². The summed E-state index contributed by atoms with van der Waals surface area (Å²) in [6.45, 7) is 0.821. The van der Waals surface area contributed by atoms with Gasteiger partial charge in [0.1, 0.15) is 5.82 Å². The number of aromatic nitrogens is 5. The van der Waals surface area contributed by atoms with Crippen molar-refractivity contribution in [2.45, 2.75) is 44.2 Å². The van der Waals surface area contributed by atoms with E-state index in [0.29, 0.717) is 23.8 Å². The molecule has 5 rings (SSSR count). The van der Waals surface area contributed by atoms with Gasteiger partial charge in [0.15, 0.2) is 11.5 Å². The molecule has 28 heavy (non-hydrogen) atoms. The molecular formula is C20H26N8. The Labute approximate surface area is 164 Å². The fourth-order valence-electron chi connectivity index (χ4n) is 4.51. The monoisotopic (exact) mass is 378 g/mol. The van der Waals surface area contributed by atoms with Crippen LogP contribution in [-0.4, -0.2) is 43.4 Å². The van der Waals surface area contributed by atoms with Crippen molar-refractivity contribution in [3.63, 3.8) is 0 Å².